The van der Waals surface area contributed by atoms with Crippen molar-refractivity contribution < 1.29 is 5.11 Å². The van der Waals surface area contributed by atoms with Crippen LogP contribution in [0.5, 0.6) is 5.75 Å². The second kappa shape index (κ2) is 2.93. The molecule has 0 spiro atoms. The molecule has 12 heavy (non-hydrogen) atoms. The summed E-state index contributed by atoms with van der Waals surface area (Å²) in [4.78, 5) is 10.4. The van der Waals surface area contributed by atoms with Crippen LogP contribution in [0.3, 0.4) is 0 Å². The summed E-state index contributed by atoms with van der Waals surface area (Å²) in [7, 11) is 0. The SMILES string of the molecule is CC(C)(N=O)c1ccc(O)cc1. The summed E-state index contributed by atoms with van der Waals surface area (Å²) in [5.74, 6) is 0.195. The summed E-state index contributed by atoms with van der Waals surface area (Å²) in [6, 6.07) is 6.47. The number of hydrogen-bond donors (Lipinski definition) is 1. The molecule has 1 rings (SSSR count). The van der Waals surface area contributed by atoms with Gasteiger partial charge in [0.2, 0.25) is 0 Å². The maximum absolute atomic E-state index is 10.4. The number of aromatic hydroxyl groups is 1. The normalized spacial score (nSPS) is 11.2. The van der Waals surface area contributed by atoms with E-state index in [-0.39, 0.29) is 5.75 Å². The first-order chi connectivity index (χ1) is 5.56. The molecule has 1 aromatic rings. The molecule has 1 aromatic carbocycles. The number of rotatable bonds is 2. The number of benzene rings is 1. The Bertz CT molecular complexity index is 277. The molecule has 0 saturated carbocycles. The number of nitrogens with zero attached hydrogens (tertiary/aromatic N) is 1. The van der Waals surface area contributed by atoms with Crippen LogP contribution in [0.2, 0.25) is 0 Å². The fourth-order valence-electron chi connectivity index (χ4n) is 0.922. The first-order valence-corrected chi connectivity index (χ1v) is 3.70. The number of hydrogen-bond acceptors (Lipinski definition) is 3. The molecular weight excluding hydrogens is 154 g/mol. The molecule has 0 fully saturated rings. The van der Waals surface area contributed by atoms with Gasteiger partial charge in [-0.1, -0.05) is 17.3 Å². The highest BCUT2D eigenvalue weighted by Crippen LogP contribution is 2.25. The van der Waals surface area contributed by atoms with Gasteiger partial charge in [-0.3, -0.25) is 0 Å². The van der Waals surface area contributed by atoms with Crippen molar-refractivity contribution >= 4 is 0 Å². The molecule has 0 atom stereocenters. The highest BCUT2D eigenvalue weighted by atomic mass is 16.3. The van der Waals surface area contributed by atoms with Gasteiger partial charge in [0.1, 0.15) is 11.3 Å². The first kappa shape index (κ1) is 8.71. The van der Waals surface area contributed by atoms with Gasteiger partial charge < -0.3 is 5.11 Å². The highest BCUT2D eigenvalue weighted by Gasteiger charge is 2.20. The van der Waals surface area contributed by atoms with E-state index < -0.39 is 5.54 Å². The molecule has 0 heterocycles. The van der Waals surface area contributed by atoms with Crippen molar-refractivity contribution in [2.75, 3.05) is 0 Å². The van der Waals surface area contributed by atoms with Crippen LogP contribution in [-0.2, 0) is 5.54 Å². The van der Waals surface area contributed by atoms with Crippen LogP contribution in [0.1, 0.15) is 19.4 Å². The van der Waals surface area contributed by atoms with Gasteiger partial charge in [0.15, 0.2) is 0 Å². The van der Waals surface area contributed by atoms with Gasteiger partial charge in [0, 0.05) is 0 Å². The maximum atomic E-state index is 10.4. The summed E-state index contributed by atoms with van der Waals surface area (Å²) < 4.78 is 0. The Hall–Kier alpha value is -1.38. The average Bonchev–Trinajstić information content (AvgIpc) is 2.05. The third-order valence-corrected chi connectivity index (χ3v) is 1.80. The van der Waals surface area contributed by atoms with Crippen molar-refractivity contribution in [3.8, 4) is 5.75 Å². The zero-order chi connectivity index (χ0) is 9.19. The minimum Gasteiger partial charge on any atom is -0.508 e. The average molecular weight is 165 g/mol. The summed E-state index contributed by atoms with van der Waals surface area (Å²) in [6.45, 7) is 3.46. The number of nitroso groups, excluding NO2 is 1. The summed E-state index contributed by atoms with van der Waals surface area (Å²) >= 11 is 0. The van der Waals surface area contributed by atoms with Gasteiger partial charge in [0.25, 0.3) is 0 Å². The minimum atomic E-state index is -0.715. The molecule has 0 unspecified atom stereocenters. The van der Waals surface area contributed by atoms with Crippen LogP contribution in [-0.4, -0.2) is 5.11 Å². The molecule has 3 heteroatoms. The molecule has 0 radical (unpaired) electrons. The topological polar surface area (TPSA) is 49.7 Å². The van der Waals surface area contributed by atoms with Crippen molar-refractivity contribution in [3.63, 3.8) is 0 Å². The Balaban J connectivity index is 3.04. The molecule has 1 N–H and O–H groups in total. The Labute approximate surface area is 71.0 Å². The first-order valence-electron chi connectivity index (χ1n) is 3.70. The zero-order valence-electron chi connectivity index (χ0n) is 7.11. The van der Waals surface area contributed by atoms with E-state index in [1.807, 2.05) is 0 Å². The van der Waals surface area contributed by atoms with Crippen LogP contribution in [0.25, 0.3) is 0 Å². The highest BCUT2D eigenvalue weighted by molar-refractivity contribution is 5.30. The molecule has 64 valence electrons. The molecule has 0 bridgehead atoms. The van der Waals surface area contributed by atoms with Gasteiger partial charge in [-0.15, -0.1) is 4.91 Å². The number of phenols is 1. The van der Waals surface area contributed by atoms with Gasteiger partial charge in [-0.05, 0) is 31.5 Å². The zero-order valence-corrected chi connectivity index (χ0v) is 7.11. The van der Waals surface area contributed by atoms with Crippen LogP contribution in [0, 0.1) is 4.91 Å². The predicted octanol–water partition coefficient (Wildman–Crippen LogP) is 2.39. The van der Waals surface area contributed by atoms with Crippen molar-refractivity contribution in [2.24, 2.45) is 5.18 Å². The Morgan fingerprint density at radius 3 is 2.17 bits per heavy atom. The second-order valence-electron chi connectivity index (χ2n) is 3.20. The predicted molar refractivity (Wildman–Crippen MR) is 46.9 cm³/mol. The second-order valence-corrected chi connectivity index (χ2v) is 3.20. The van der Waals surface area contributed by atoms with Crippen LogP contribution in [0.4, 0.5) is 0 Å². The van der Waals surface area contributed by atoms with E-state index in [4.69, 9.17) is 5.11 Å². The Kier molecular flexibility index (Phi) is 2.13. The van der Waals surface area contributed by atoms with E-state index in [0.717, 1.165) is 5.56 Å². The van der Waals surface area contributed by atoms with Crippen LogP contribution < -0.4 is 0 Å². The molecule has 0 aliphatic rings. The number of phenolic OH excluding ortho intramolecular Hbond substituents is 1. The molecule has 0 saturated heterocycles. The van der Waals surface area contributed by atoms with Gasteiger partial charge in [-0.25, -0.2) is 0 Å². The molecule has 0 aliphatic carbocycles. The van der Waals surface area contributed by atoms with Crippen molar-refractivity contribution in [2.45, 2.75) is 19.4 Å². The quantitative estimate of drug-likeness (QED) is 0.684. The van der Waals surface area contributed by atoms with Crippen LogP contribution >= 0.6 is 0 Å². The Morgan fingerprint density at radius 1 is 1.25 bits per heavy atom. The summed E-state index contributed by atoms with van der Waals surface area (Å²) in [5, 5.41) is 12.0. The molecule has 3 nitrogen and oxygen atoms in total. The van der Waals surface area contributed by atoms with Gasteiger partial charge >= 0.3 is 0 Å². The fraction of sp³-hybridized carbons (Fsp3) is 0.333. The van der Waals surface area contributed by atoms with Gasteiger partial charge in [0.05, 0.1) is 0 Å². The third-order valence-electron chi connectivity index (χ3n) is 1.80. The smallest absolute Gasteiger partial charge is 0.122 e. The third kappa shape index (κ3) is 1.61. The van der Waals surface area contributed by atoms with E-state index in [1.165, 1.54) is 0 Å². The van der Waals surface area contributed by atoms with Crippen LogP contribution in [0.15, 0.2) is 29.4 Å². The molecular formula is C9H11NO2. The molecule has 0 aliphatic heterocycles. The van der Waals surface area contributed by atoms with E-state index in [9.17, 15) is 4.91 Å². The maximum Gasteiger partial charge on any atom is 0.122 e. The van der Waals surface area contributed by atoms with E-state index in [2.05, 4.69) is 5.18 Å². The van der Waals surface area contributed by atoms with E-state index >= 15 is 0 Å². The standard InChI is InChI=1S/C9H11NO2/c1-9(2,10-12)7-3-5-8(11)6-4-7/h3-6,11H,1-2H3. The molecule has 0 amide bonds. The lowest BCUT2D eigenvalue weighted by Crippen LogP contribution is -2.11. The summed E-state index contributed by atoms with van der Waals surface area (Å²) in [5.41, 5.74) is 0.0866. The minimum absolute atomic E-state index is 0.195. The largest absolute Gasteiger partial charge is 0.508 e. The van der Waals surface area contributed by atoms with Crippen molar-refractivity contribution in [1.82, 2.24) is 0 Å². The lowest BCUT2D eigenvalue weighted by atomic mass is 9.96. The van der Waals surface area contributed by atoms with E-state index in [0.29, 0.717) is 0 Å². The van der Waals surface area contributed by atoms with Crippen molar-refractivity contribution in [3.05, 3.63) is 34.7 Å². The van der Waals surface area contributed by atoms with Gasteiger partial charge in [-0.2, -0.15) is 0 Å². The lowest BCUT2D eigenvalue weighted by Gasteiger charge is -2.14. The Morgan fingerprint density at radius 2 is 1.75 bits per heavy atom. The fourth-order valence-corrected chi connectivity index (χ4v) is 0.922. The molecule has 0 aromatic heterocycles. The monoisotopic (exact) mass is 165 g/mol. The van der Waals surface area contributed by atoms with Crippen molar-refractivity contribution in [1.29, 1.82) is 0 Å². The summed E-state index contributed by atoms with van der Waals surface area (Å²) in [6.07, 6.45) is 0. The van der Waals surface area contributed by atoms with E-state index in [1.54, 1.807) is 38.1 Å². The lowest BCUT2D eigenvalue weighted by molar-refractivity contribution is 0.473.